The topological polar surface area (TPSA) is 78.7 Å². The molecule has 3 rings (SSSR count). The summed E-state index contributed by atoms with van der Waals surface area (Å²) >= 11 is 6.05. The molecule has 0 aromatic heterocycles. The molecular weight excluding hydrogens is 437 g/mol. The smallest absolute Gasteiger partial charge is 0.308 e. The average Bonchev–Trinajstić information content (AvgIpc) is 2.74. The molecule has 0 radical (unpaired) electrons. The first-order valence-electron chi connectivity index (χ1n) is 10.1. The normalized spacial score (nSPS) is 13.8. The fraction of sp³-hybridized carbons (Fsp3) is 0.304. The molecular formula is C23H25ClNO5P. The number of nitrogens with zero attached hydrogens (tertiary/aromatic N) is 1. The van der Waals surface area contributed by atoms with E-state index >= 15 is 0 Å². The minimum atomic E-state index is -3.78. The molecule has 31 heavy (non-hydrogen) atoms. The molecule has 0 saturated heterocycles. The van der Waals surface area contributed by atoms with Crippen molar-refractivity contribution in [3.8, 4) is 0 Å². The van der Waals surface area contributed by atoms with Crippen molar-refractivity contribution in [2.45, 2.75) is 25.4 Å². The van der Waals surface area contributed by atoms with Gasteiger partial charge in [0.25, 0.3) is 0 Å². The van der Waals surface area contributed by atoms with E-state index in [1.165, 1.54) is 0 Å². The summed E-state index contributed by atoms with van der Waals surface area (Å²) in [7, 11) is -3.78. The van der Waals surface area contributed by atoms with Crippen LogP contribution in [-0.2, 0) is 13.6 Å². The predicted octanol–water partition coefficient (Wildman–Crippen LogP) is 6.86. The molecule has 8 heteroatoms. The van der Waals surface area contributed by atoms with Gasteiger partial charge in [-0.15, -0.1) is 0 Å². The Labute approximate surface area is 186 Å². The van der Waals surface area contributed by atoms with Gasteiger partial charge >= 0.3 is 7.60 Å². The maximum atomic E-state index is 14.1. The van der Waals surface area contributed by atoms with Crippen LogP contribution in [0.2, 0.25) is 5.02 Å². The van der Waals surface area contributed by atoms with E-state index in [1.54, 1.807) is 38.1 Å². The van der Waals surface area contributed by atoms with Crippen LogP contribution in [0.15, 0.2) is 66.7 Å². The number of nitro groups is 1. The zero-order valence-corrected chi connectivity index (χ0v) is 19.1. The quantitative estimate of drug-likeness (QED) is 0.187. The molecule has 0 saturated carbocycles. The summed E-state index contributed by atoms with van der Waals surface area (Å²) in [5.74, 6) is -0.748. The predicted molar refractivity (Wildman–Crippen MR) is 124 cm³/mol. The molecule has 0 aliphatic rings. The third-order valence-corrected chi connectivity index (χ3v) is 7.93. The van der Waals surface area contributed by atoms with Gasteiger partial charge in [-0.2, -0.15) is 0 Å². The molecule has 3 aromatic carbocycles. The first-order chi connectivity index (χ1) is 14.9. The van der Waals surface area contributed by atoms with Crippen LogP contribution >= 0.6 is 19.2 Å². The second kappa shape index (κ2) is 10.4. The maximum Gasteiger partial charge on any atom is 0.338 e. The van der Waals surface area contributed by atoms with Gasteiger partial charge in [0, 0.05) is 9.95 Å². The summed E-state index contributed by atoms with van der Waals surface area (Å²) in [6.07, 6.45) is 0. The Morgan fingerprint density at radius 3 is 2.19 bits per heavy atom. The lowest BCUT2D eigenvalue weighted by molar-refractivity contribution is -0.483. The molecule has 164 valence electrons. The van der Waals surface area contributed by atoms with E-state index < -0.39 is 25.7 Å². The number of hydrogen-bond acceptors (Lipinski definition) is 5. The fourth-order valence-corrected chi connectivity index (χ4v) is 6.45. The zero-order chi connectivity index (χ0) is 22.4. The van der Waals surface area contributed by atoms with Crippen molar-refractivity contribution >= 4 is 30.0 Å². The molecule has 0 fully saturated rings. The van der Waals surface area contributed by atoms with E-state index in [9.17, 15) is 14.7 Å². The molecule has 0 spiro atoms. The second-order valence-electron chi connectivity index (χ2n) is 7.06. The molecule has 2 atom stereocenters. The Kier molecular flexibility index (Phi) is 7.84. The van der Waals surface area contributed by atoms with Gasteiger partial charge in [-0.25, -0.2) is 0 Å². The second-order valence-corrected chi connectivity index (χ2v) is 9.65. The highest BCUT2D eigenvalue weighted by Gasteiger charge is 2.45. The Morgan fingerprint density at radius 1 is 0.968 bits per heavy atom. The van der Waals surface area contributed by atoms with Crippen LogP contribution in [0.4, 0.5) is 0 Å². The summed E-state index contributed by atoms with van der Waals surface area (Å²) in [5.41, 5.74) is 0.480. The van der Waals surface area contributed by atoms with E-state index in [-0.39, 0.29) is 18.1 Å². The van der Waals surface area contributed by atoms with Crippen molar-refractivity contribution in [2.75, 3.05) is 19.8 Å². The van der Waals surface area contributed by atoms with Gasteiger partial charge in [-0.1, -0.05) is 66.2 Å². The molecule has 0 unspecified atom stereocenters. The summed E-state index contributed by atoms with van der Waals surface area (Å²) in [5, 5.41) is 14.0. The van der Waals surface area contributed by atoms with E-state index in [0.29, 0.717) is 16.1 Å². The Hall–Kier alpha value is -2.24. The highest BCUT2D eigenvalue weighted by Crippen LogP contribution is 2.66. The van der Waals surface area contributed by atoms with Crippen LogP contribution in [-0.4, -0.2) is 24.7 Å². The monoisotopic (exact) mass is 461 g/mol. The summed E-state index contributed by atoms with van der Waals surface area (Å²) in [6.45, 7) is 3.35. The Balaban J connectivity index is 2.30. The summed E-state index contributed by atoms with van der Waals surface area (Å²) in [4.78, 5) is 11.3. The lowest BCUT2D eigenvalue weighted by Crippen LogP contribution is -2.22. The highest BCUT2D eigenvalue weighted by atomic mass is 35.5. The van der Waals surface area contributed by atoms with Crippen molar-refractivity contribution in [3.05, 3.63) is 93.0 Å². The summed E-state index contributed by atoms with van der Waals surface area (Å²) < 4.78 is 25.6. The van der Waals surface area contributed by atoms with Crippen LogP contribution < -0.4 is 0 Å². The lowest BCUT2D eigenvalue weighted by atomic mass is 9.89. The van der Waals surface area contributed by atoms with Gasteiger partial charge in [0.15, 0.2) is 0 Å². The first-order valence-corrected chi connectivity index (χ1v) is 12.1. The largest absolute Gasteiger partial charge is 0.338 e. The number of rotatable bonds is 10. The number of fused-ring (bicyclic) bond motifs is 1. The maximum absolute atomic E-state index is 14.1. The molecule has 0 aliphatic heterocycles. The van der Waals surface area contributed by atoms with Gasteiger partial charge in [0.1, 0.15) is 5.66 Å². The van der Waals surface area contributed by atoms with Crippen LogP contribution in [0.5, 0.6) is 0 Å². The molecule has 0 bridgehead atoms. The standard InChI is InChI=1S/C23H25ClNO5P/c1-3-29-31(28,30-4-2)23(21-11-7-9-17-8-5-6-10-20(17)21)22(16-25(26)27)18-12-14-19(24)15-13-18/h5-15,22-23H,3-4,16H2,1-2H3/t22-,23+/m1/s1. The summed E-state index contributed by atoms with van der Waals surface area (Å²) in [6, 6.07) is 20.2. The SMILES string of the molecule is CCOP(=O)(OCC)[C@@H](c1cccc2ccccc12)[C@H](C[N+](=O)[O-])c1ccc(Cl)cc1. The molecule has 3 aromatic rings. The molecule has 0 amide bonds. The highest BCUT2D eigenvalue weighted by molar-refractivity contribution is 7.54. The number of halogens is 1. The molecule has 0 aliphatic carbocycles. The Morgan fingerprint density at radius 2 is 1.58 bits per heavy atom. The van der Waals surface area contributed by atoms with Crippen molar-refractivity contribution < 1.29 is 18.5 Å². The van der Waals surface area contributed by atoms with Gasteiger partial charge in [0.05, 0.1) is 19.1 Å². The van der Waals surface area contributed by atoms with Crippen molar-refractivity contribution in [1.29, 1.82) is 0 Å². The molecule has 6 nitrogen and oxygen atoms in total. The number of hydrogen-bond donors (Lipinski definition) is 0. The first kappa shape index (κ1) is 23.4. The van der Waals surface area contributed by atoms with E-state index in [0.717, 1.165) is 10.8 Å². The van der Waals surface area contributed by atoms with Gasteiger partial charge in [-0.3, -0.25) is 14.7 Å². The van der Waals surface area contributed by atoms with Crippen LogP contribution in [0.25, 0.3) is 10.8 Å². The van der Waals surface area contributed by atoms with Crippen LogP contribution in [0.3, 0.4) is 0 Å². The lowest BCUT2D eigenvalue weighted by Gasteiger charge is -2.32. The average molecular weight is 462 g/mol. The van der Waals surface area contributed by atoms with E-state index in [2.05, 4.69) is 0 Å². The van der Waals surface area contributed by atoms with Gasteiger partial charge in [-0.05, 0) is 47.9 Å². The van der Waals surface area contributed by atoms with Crippen LogP contribution in [0.1, 0.15) is 36.6 Å². The van der Waals surface area contributed by atoms with Crippen molar-refractivity contribution in [1.82, 2.24) is 0 Å². The minimum absolute atomic E-state index is 0.157. The Bertz CT molecular complexity index is 1070. The fourth-order valence-electron chi connectivity index (χ4n) is 3.93. The third kappa shape index (κ3) is 5.34. The molecule has 0 heterocycles. The third-order valence-electron chi connectivity index (χ3n) is 5.13. The molecule has 0 N–H and O–H groups in total. The van der Waals surface area contributed by atoms with E-state index in [1.807, 2.05) is 42.5 Å². The van der Waals surface area contributed by atoms with E-state index in [4.69, 9.17) is 20.6 Å². The van der Waals surface area contributed by atoms with Crippen LogP contribution in [0, 0.1) is 10.1 Å². The zero-order valence-electron chi connectivity index (χ0n) is 17.4. The van der Waals surface area contributed by atoms with Crippen molar-refractivity contribution in [3.63, 3.8) is 0 Å². The minimum Gasteiger partial charge on any atom is -0.308 e. The van der Waals surface area contributed by atoms with Crippen molar-refractivity contribution in [2.24, 2.45) is 0 Å². The number of benzene rings is 3. The van der Waals surface area contributed by atoms with Gasteiger partial charge in [0.2, 0.25) is 6.54 Å². The van der Waals surface area contributed by atoms with Gasteiger partial charge < -0.3 is 9.05 Å².